The molecule has 0 aromatic heterocycles. The van der Waals surface area contributed by atoms with Crippen molar-refractivity contribution in [1.82, 2.24) is 5.32 Å². The minimum absolute atomic E-state index is 0.0393. The number of hydrogen-bond donors (Lipinski definition) is 1. The highest BCUT2D eigenvalue weighted by Crippen LogP contribution is 2.24. The van der Waals surface area contributed by atoms with E-state index in [0.29, 0.717) is 22.5 Å². The predicted octanol–water partition coefficient (Wildman–Crippen LogP) is 5.61. The van der Waals surface area contributed by atoms with E-state index < -0.39 is 0 Å². The quantitative estimate of drug-likeness (QED) is 0.709. The van der Waals surface area contributed by atoms with E-state index in [1.165, 1.54) is 5.56 Å². The number of carbonyl (C=O) groups excluding carboxylic acids is 1. The van der Waals surface area contributed by atoms with Gasteiger partial charge in [-0.3, -0.25) is 4.79 Å². The van der Waals surface area contributed by atoms with Crippen LogP contribution in [-0.2, 0) is 17.8 Å². The van der Waals surface area contributed by atoms with Crippen molar-refractivity contribution in [3.05, 3.63) is 69.2 Å². The van der Waals surface area contributed by atoms with Crippen molar-refractivity contribution in [3.63, 3.8) is 0 Å². The molecule has 2 aromatic rings. The molecule has 0 spiro atoms. The number of benzene rings is 2. The lowest BCUT2D eigenvalue weighted by molar-refractivity contribution is -0.122. The van der Waals surface area contributed by atoms with E-state index in [0.717, 1.165) is 17.5 Å². The highest BCUT2D eigenvalue weighted by molar-refractivity contribution is 6.36. The lowest BCUT2D eigenvalue weighted by atomic mass is 9.96. The third kappa shape index (κ3) is 4.99. The molecule has 2 aromatic carbocycles. The fraction of sp³-hybridized carbons (Fsp3) is 0.350. The second kappa shape index (κ2) is 8.55. The summed E-state index contributed by atoms with van der Waals surface area (Å²) < 4.78 is 0. The largest absolute Gasteiger partial charge is 0.351 e. The minimum Gasteiger partial charge on any atom is -0.351 e. The molecule has 0 aliphatic rings. The molecule has 2 nitrogen and oxygen atoms in total. The molecule has 4 heteroatoms. The van der Waals surface area contributed by atoms with E-state index in [1.54, 1.807) is 18.2 Å². The van der Waals surface area contributed by atoms with Crippen LogP contribution in [0.1, 0.15) is 43.4 Å². The molecule has 0 heterocycles. The molecule has 2 rings (SSSR count). The summed E-state index contributed by atoms with van der Waals surface area (Å²) in [5, 5.41) is 4.04. The smallest absolute Gasteiger partial charge is 0.227 e. The van der Waals surface area contributed by atoms with Crippen LogP contribution in [0.25, 0.3) is 0 Å². The van der Waals surface area contributed by atoms with Gasteiger partial charge in [0.05, 0.1) is 5.92 Å². The topological polar surface area (TPSA) is 29.1 Å². The van der Waals surface area contributed by atoms with E-state index >= 15 is 0 Å². The molecule has 128 valence electrons. The monoisotopic (exact) mass is 363 g/mol. The van der Waals surface area contributed by atoms with Gasteiger partial charge in [0.25, 0.3) is 0 Å². The normalized spacial score (nSPS) is 12.2. The number of nitrogens with one attached hydrogen (secondary N) is 1. The zero-order valence-corrected chi connectivity index (χ0v) is 15.8. The Bertz CT molecular complexity index is 675. The van der Waals surface area contributed by atoms with Crippen LogP contribution in [0.4, 0.5) is 0 Å². The molecule has 1 atom stereocenters. The maximum absolute atomic E-state index is 12.4. The fourth-order valence-electron chi connectivity index (χ4n) is 2.59. The first-order valence-corrected chi connectivity index (χ1v) is 8.93. The summed E-state index contributed by atoms with van der Waals surface area (Å²) in [6, 6.07) is 13.6. The van der Waals surface area contributed by atoms with Gasteiger partial charge in [-0.1, -0.05) is 67.4 Å². The molecule has 0 aliphatic heterocycles. The van der Waals surface area contributed by atoms with Crippen molar-refractivity contribution in [2.75, 3.05) is 0 Å². The number of carbonyl (C=O) groups is 1. The third-order valence-electron chi connectivity index (χ3n) is 4.02. The number of amides is 1. The van der Waals surface area contributed by atoms with Gasteiger partial charge < -0.3 is 5.32 Å². The average molecular weight is 364 g/mol. The Morgan fingerprint density at radius 2 is 1.58 bits per heavy atom. The van der Waals surface area contributed by atoms with E-state index in [-0.39, 0.29) is 11.8 Å². The first-order valence-electron chi connectivity index (χ1n) is 8.18. The van der Waals surface area contributed by atoms with Crippen molar-refractivity contribution < 1.29 is 4.79 Å². The molecule has 1 unspecified atom stereocenters. The van der Waals surface area contributed by atoms with Gasteiger partial charge >= 0.3 is 0 Å². The Morgan fingerprint density at radius 1 is 1.00 bits per heavy atom. The molecule has 24 heavy (non-hydrogen) atoms. The van der Waals surface area contributed by atoms with Crippen LogP contribution in [0, 0.1) is 5.92 Å². The third-order valence-corrected chi connectivity index (χ3v) is 4.73. The summed E-state index contributed by atoms with van der Waals surface area (Å²) in [5.41, 5.74) is 3.04. The van der Waals surface area contributed by atoms with E-state index in [1.807, 2.05) is 19.1 Å². The van der Waals surface area contributed by atoms with Crippen LogP contribution in [0.5, 0.6) is 0 Å². The number of hydrogen-bond acceptors (Lipinski definition) is 1. The zero-order valence-electron chi connectivity index (χ0n) is 14.3. The predicted molar refractivity (Wildman–Crippen MR) is 102 cm³/mol. The van der Waals surface area contributed by atoms with E-state index in [9.17, 15) is 4.79 Å². The van der Waals surface area contributed by atoms with Crippen LogP contribution >= 0.6 is 23.2 Å². The summed E-state index contributed by atoms with van der Waals surface area (Å²) in [5.74, 6) is 0.360. The Hall–Kier alpha value is -1.51. The van der Waals surface area contributed by atoms with Crippen LogP contribution in [0.15, 0.2) is 42.5 Å². The fourth-order valence-corrected chi connectivity index (χ4v) is 3.13. The zero-order chi connectivity index (χ0) is 17.7. The Kier molecular flexibility index (Phi) is 6.70. The minimum atomic E-state index is -0.223. The highest BCUT2D eigenvalue weighted by Gasteiger charge is 2.16. The molecule has 0 fully saturated rings. The summed E-state index contributed by atoms with van der Waals surface area (Å²) in [6.07, 6.45) is 1.05. The van der Waals surface area contributed by atoms with Gasteiger partial charge in [-0.2, -0.15) is 0 Å². The summed E-state index contributed by atoms with van der Waals surface area (Å²) in [4.78, 5) is 12.4. The van der Waals surface area contributed by atoms with Crippen LogP contribution in [0.3, 0.4) is 0 Å². The van der Waals surface area contributed by atoms with Crippen molar-refractivity contribution in [2.24, 2.45) is 5.92 Å². The van der Waals surface area contributed by atoms with Gasteiger partial charge in [0.2, 0.25) is 5.91 Å². The molecule has 0 bridgehead atoms. The van der Waals surface area contributed by atoms with Crippen LogP contribution in [0.2, 0.25) is 10.0 Å². The molecule has 0 aliphatic carbocycles. The van der Waals surface area contributed by atoms with Crippen molar-refractivity contribution in [1.29, 1.82) is 0 Å². The SMILES string of the molecule is CC(C)Cc1ccc(C(C)C(=O)NCc2c(Cl)cccc2Cl)cc1. The van der Waals surface area contributed by atoms with Gasteiger partial charge in [-0.15, -0.1) is 0 Å². The molecule has 1 amide bonds. The summed E-state index contributed by atoms with van der Waals surface area (Å²) >= 11 is 12.3. The summed E-state index contributed by atoms with van der Waals surface area (Å²) in [7, 11) is 0. The van der Waals surface area contributed by atoms with Gasteiger partial charge in [-0.05, 0) is 42.5 Å². The Balaban J connectivity index is 1.99. The Labute approximate surface area is 154 Å². The van der Waals surface area contributed by atoms with Crippen molar-refractivity contribution >= 4 is 29.1 Å². The molecule has 0 saturated heterocycles. The maximum Gasteiger partial charge on any atom is 0.227 e. The number of rotatable bonds is 6. The molecule has 1 N–H and O–H groups in total. The van der Waals surface area contributed by atoms with Crippen LogP contribution in [-0.4, -0.2) is 5.91 Å². The van der Waals surface area contributed by atoms with Gasteiger partial charge in [0.1, 0.15) is 0 Å². The summed E-state index contributed by atoms with van der Waals surface area (Å²) in [6.45, 7) is 6.63. The van der Waals surface area contributed by atoms with E-state index in [4.69, 9.17) is 23.2 Å². The number of halogens is 2. The second-order valence-corrected chi connectivity index (χ2v) is 7.29. The second-order valence-electron chi connectivity index (χ2n) is 6.48. The lowest BCUT2D eigenvalue weighted by Gasteiger charge is -2.15. The Morgan fingerprint density at radius 3 is 2.12 bits per heavy atom. The maximum atomic E-state index is 12.4. The van der Waals surface area contributed by atoms with Gasteiger partial charge in [-0.25, -0.2) is 0 Å². The standard InChI is InChI=1S/C20H23Cl2NO/c1-13(2)11-15-7-9-16(10-8-15)14(3)20(24)23-12-17-18(21)5-4-6-19(17)22/h4-10,13-14H,11-12H2,1-3H3,(H,23,24). The molecular formula is C20H23Cl2NO. The van der Waals surface area contributed by atoms with Crippen molar-refractivity contribution in [2.45, 2.75) is 39.7 Å². The van der Waals surface area contributed by atoms with E-state index in [2.05, 4.69) is 31.3 Å². The van der Waals surface area contributed by atoms with Gasteiger partial charge in [0.15, 0.2) is 0 Å². The first-order chi connectivity index (χ1) is 11.4. The average Bonchev–Trinajstić information content (AvgIpc) is 2.53. The molecule has 0 saturated carbocycles. The molecular weight excluding hydrogens is 341 g/mol. The lowest BCUT2D eigenvalue weighted by Crippen LogP contribution is -2.27. The molecule has 0 radical (unpaired) electrons. The first kappa shape index (κ1) is 18.8. The van der Waals surface area contributed by atoms with Crippen LogP contribution < -0.4 is 5.32 Å². The van der Waals surface area contributed by atoms with Crippen molar-refractivity contribution in [3.8, 4) is 0 Å². The van der Waals surface area contributed by atoms with Gasteiger partial charge in [0, 0.05) is 22.2 Å². The highest BCUT2D eigenvalue weighted by atomic mass is 35.5.